The van der Waals surface area contributed by atoms with Crippen LogP contribution in [0.2, 0.25) is 0 Å². The van der Waals surface area contributed by atoms with Crippen molar-refractivity contribution in [1.29, 1.82) is 0 Å². The number of nitrogens with zero attached hydrogens (tertiary/aromatic N) is 1. The van der Waals surface area contributed by atoms with Crippen LogP contribution in [0.4, 0.5) is 0 Å². The van der Waals surface area contributed by atoms with E-state index in [1.54, 1.807) is 13.1 Å². The smallest absolute Gasteiger partial charge is 0.0519 e. The van der Waals surface area contributed by atoms with Gasteiger partial charge in [-0.15, -0.1) is 0 Å². The molecule has 1 atom stereocenters. The number of nitrogens with one attached hydrogen (secondary N) is 1. The summed E-state index contributed by atoms with van der Waals surface area (Å²) in [6, 6.07) is 0. The lowest BCUT2D eigenvalue weighted by atomic mass is 10.1. The molecule has 0 fully saturated rings. The highest BCUT2D eigenvalue weighted by molar-refractivity contribution is 5.02. The first kappa shape index (κ1) is 7.28. The zero-order valence-electron chi connectivity index (χ0n) is 6.04. The molecule has 0 bridgehead atoms. The molecule has 1 aromatic heterocycles. The lowest BCUT2D eigenvalue weighted by Gasteiger charge is -1.99. The molecular formula is C7H12N2O. The Morgan fingerprint density at radius 1 is 1.80 bits per heavy atom. The van der Waals surface area contributed by atoms with Crippen LogP contribution in [-0.4, -0.2) is 21.4 Å². The maximum absolute atomic E-state index is 8.92. The predicted octanol–water partition coefficient (Wildman–Crippen LogP) is 0.723. The monoisotopic (exact) mass is 140 g/mol. The number of aryl methyl sites for hydroxylation is 1. The van der Waals surface area contributed by atoms with Gasteiger partial charge in [0.15, 0.2) is 0 Å². The van der Waals surface area contributed by atoms with Gasteiger partial charge in [0.1, 0.15) is 0 Å². The number of hydrogen-bond acceptors (Lipinski definition) is 2. The van der Waals surface area contributed by atoms with E-state index < -0.39 is 0 Å². The molecule has 0 aromatic carbocycles. The highest BCUT2D eigenvalue weighted by Gasteiger charge is 1.97. The van der Waals surface area contributed by atoms with Crippen molar-refractivity contribution in [2.75, 3.05) is 0 Å². The Kier molecular flexibility index (Phi) is 2.45. The van der Waals surface area contributed by atoms with Crippen molar-refractivity contribution in [3.8, 4) is 0 Å². The van der Waals surface area contributed by atoms with Gasteiger partial charge in [-0.2, -0.15) is 5.10 Å². The van der Waals surface area contributed by atoms with Gasteiger partial charge < -0.3 is 5.11 Å². The van der Waals surface area contributed by atoms with Crippen LogP contribution >= 0.6 is 0 Å². The van der Waals surface area contributed by atoms with Gasteiger partial charge in [0.2, 0.25) is 0 Å². The third-order valence-corrected chi connectivity index (χ3v) is 1.41. The molecule has 0 amide bonds. The van der Waals surface area contributed by atoms with Gasteiger partial charge in [-0.1, -0.05) is 0 Å². The van der Waals surface area contributed by atoms with Crippen LogP contribution in [0.3, 0.4) is 0 Å². The molecule has 56 valence electrons. The first-order valence-electron chi connectivity index (χ1n) is 3.45. The number of aliphatic hydroxyl groups excluding tert-OH is 1. The summed E-state index contributed by atoms with van der Waals surface area (Å²) in [5.41, 5.74) is 1.15. The SMILES string of the molecule is CC(O)CCc1cn[nH]c1. The van der Waals surface area contributed by atoms with Gasteiger partial charge >= 0.3 is 0 Å². The van der Waals surface area contributed by atoms with Crippen LogP contribution in [0.25, 0.3) is 0 Å². The molecule has 0 aliphatic heterocycles. The Balaban J connectivity index is 2.28. The molecule has 1 unspecified atom stereocenters. The van der Waals surface area contributed by atoms with Crippen molar-refractivity contribution in [3.05, 3.63) is 18.0 Å². The largest absolute Gasteiger partial charge is 0.393 e. The number of rotatable bonds is 3. The lowest BCUT2D eigenvalue weighted by molar-refractivity contribution is 0.185. The summed E-state index contributed by atoms with van der Waals surface area (Å²) < 4.78 is 0. The van der Waals surface area contributed by atoms with Gasteiger partial charge in [0, 0.05) is 6.20 Å². The van der Waals surface area contributed by atoms with Gasteiger partial charge in [0.25, 0.3) is 0 Å². The fraction of sp³-hybridized carbons (Fsp3) is 0.571. The number of hydrogen-bond donors (Lipinski definition) is 2. The predicted molar refractivity (Wildman–Crippen MR) is 38.6 cm³/mol. The van der Waals surface area contributed by atoms with E-state index in [9.17, 15) is 0 Å². The second kappa shape index (κ2) is 3.37. The van der Waals surface area contributed by atoms with Crippen molar-refractivity contribution in [2.24, 2.45) is 0 Å². The number of aromatic nitrogens is 2. The molecule has 0 saturated carbocycles. The summed E-state index contributed by atoms with van der Waals surface area (Å²) >= 11 is 0. The first-order valence-corrected chi connectivity index (χ1v) is 3.45. The molecule has 0 saturated heterocycles. The van der Waals surface area contributed by atoms with Crippen LogP contribution in [0.5, 0.6) is 0 Å². The van der Waals surface area contributed by atoms with Crippen molar-refractivity contribution >= 4 is 0 Å². The Labute approximate surface area is 60.1 Å². The molecule has 3 heteroatoms. The van der Waals surface area contributed by atoms with Crippen molar-refractivity contribution in [2.45, 2.75) is 25.9 Å². The van der Waals surface area contributed by atoms with E-state index in [1.165, 1.54) is 0 Å². The molecule has 0 radical (unpaired) electrons. The van der Waals surface area contributed by atoms with Crippen LogP contribution in [0, 0.1) is 0 Å². The zero-order valence-corrected chi connectivity index (χ0v) is 6.04. The topological polar surface area (TPSA) is 48.9 Å². The molecule has 1 rings (SSSR count). The maximum atomic E-state index is 8.92. The van der Waals surface area contributed by atoms with Crippen molar-refractivity contribution in [3.63, 3.8) is 0 Å². The summed E-state index contributed by atoms with van der Waals surface area (Å²) in [5.74, 6) is 0. The summed E-state index contributed by atoms with van der Waals surface area (Å²) in [6.45, 7) is 1.79. The van der Waals surface area contributed by atoms with Crippen LogP contribution in [-0.2, 0) is 6.42 Å². The molecule has 10 heavy (non-hydrogen) atoms. The summed E-state index contributed by atoms with van der Waals surface area (Å²) in [6.07, 6.45) is 5.12. The lowest BCUT2D eigenvalue weighted by Crippen LogP contribution is -2.00. The summed E-state index contributed by atoms with van der Waals surface area (Å²) in [4.78, 5) is 0. The Morgan fingerprint density at radius 3 is 3.10 bits per heavy atom. The average molecular weight is 140 g/mol. The summed E-state index contributed by atoms with van der Waals surface area (Å²) in [7, 11) is 0. The van der Waals surface area contributed by atoms with E-state index in [0.29, 0.717) is 0 Å². The van der Waals surface area contributed by atoms with E-state index in [2.05, 4.69) is 10.2 Å². The number of H-pyrrole nitrogens is 1. The second-order valence-corrected chi connectivity index (χ2v) is 2.49. The van der Waals surface area contributed by atoms with Gasteiger partial charge in [-0.05, 0) is 25.3 Å². The molecule has 0 spiro atoms. The molecule has 1 aromatic rings. The van der Waals surface area contributed by atoms with E-state index in [-0.39, 0.29) is 6.10 Å². The van der Waals surface area contributed by atoms with E-state index in [0.717, 1.165) is 18.4 Å². The highest BCUT2D eigenvalue weighted by Crippen LogP contribution is 2.01. The van der Waals surface area contributed by atoms with E-state index in [1.807, 2.05) is 6.20 Å². The van der Waals surface area contributed by atoms with Crippen LogP contribution < -0.4 is 0 Å². The number of aliphatic hydroxyl groups is 1. The quantitative estimate of drug-likeness (QED) is 0.650. The van der Waals surface area contributed by atoms with Gasteiger partial charge in [-0.3, -0.25) is 5.10 Å². The van der Waals surface area contributed by atoms with Crippen LogP contribution in [0.15, 0.2) is 12.4 Å². The van der Waals surface area contributed by atoms with Crippen molar-refractivity contribution < 1.29 is 5.11 Å². The molecule has 2 N–H and O–H groups in total. The normalized spacial score (nSPS) is 13.4. The standard InChI is InChI=1S/C7H12N2O/c1-6(10)2-3-7-4-8-9-5-7/h4-6,10H,2-3H2,1H3,(H,8,9). The highest BCUT2D eigenvalue weighted by atomic mass is 16.3. The minimum atomic E-state index is -0.213. The third kappa shape index (κ3) is 2.19. The molecule has 1 heterocycles. The minimum Gasteiger partial charge on any atom is -0.393 e. The van der Waals surface area contributed by atoms with Gasteiger partial charge in [-0.25, -0.2) is 0 Å². The van der Waals surface area contributed by atoms with Crippen molar-refractivity contribution in [1.82, 2.24) is 10.2 Å². The van der Waals surface area contributed by atoms with Crippen LogP contribution in [0.1, 0.15) is 18.9 Å². The zero-order chi connectivity index (χ0) is 7.40. The number of aromatic amines is 1. The molecule has 3 nitrogen and oxygen atoms in total. The first-order chi connectivity index (χ1) is 4.79. The second-order valence-electron chi connectivity index (χ2n) is 2.49. The maximum Gasteiger partial charge on any atom is 0.0519 e. The van der Waals surface area contributed by atoms with E-state index >= 15 is 0 Å². The Morgan fingerprint density at radius 2 is 2.60 bits per heavy atom. The Hall–Kier alpha value is -0.830. The van der Waals surface area contributed by atoms with E-state index in [4.69, 9.17) is 5.11 Å². The average Bonchev–Trinajstić information content (AvgIpc) is 2.34. The fourth-order valence-electron chi connectivity index (χ4n) is 0.790. The minimum absolute atomic E-state index is 0.213. The fourth-order valence-corrected chi connectivity index (χ4v) is 0.790. The molecule has 0 aliphatic rings. The molecule has 0 aliphatic carbocycles. The Bertz CT molecular complexity index is 170. The third-order valence-electron chi connectivity index (χ3n) is 1.41. The van der Waals surface area contributed by atoms with Gasteiger partial charge in [0.05, 0.1) is 12.3 Å². The molecular weight excluding hydrogens is 128 g/mol. The summed E-state index contributed by atoms with van der Waals surface area (Å²) in [5, 5.41) is 15.4.